The zero-order valence-corrected chi connectivity index (χ0v) is 15.6. The van der Waals surface area contributed by atoms with Crippen molar-refractivity contribution in [2.45, 2.75) is 25.7 Å². The molecule has 6 nitrogen and oxygen atoms in total. The van der Waals surface area contributed by atoms with Gasteiger partial charge in [0.1, 0.15) is 0 Å². The van der Waals surface area contributed by atoms with Crippen molar-refractivity contribution in [2.24, 2.45) is 0 Å². The van der Waals surface area contributed by atoms with Gasteiger partial charge in [0.15, 0.2) is 5.13 Å². The van der Waals surface area contributed by atoms with E-state index in [0.717, 1.165) is 10.3 Å². The summed E-state index contributed by atoms with van der Waals surface area (Å²) in [5, 5.41) is 3.11. The number of benzene rings is 2. The largest absolute Gasteiger partial charge is 0.302 e. The molecule has 0 radical (unpaired) electrons. The number of nitrogens with one attached hydrogen (secondary N) is 2. The molecule has 0 spiro atoms. The average Bonchev–Trinajstić information content (AvgIpc) is 2.86. The van der Waals surface area contributed by atoms with Crippen LogP contribution >= 0.6 is 11.3 Å². The number of amides is 1. The van der Waals surface area contributed by atoms with Crippen LogP contribution in [0.2, 0.25) is 0 Å². The third-order valence-corrected chi connectivity index (χ3v) is 6.04. The molecule has 1 heterocycles. The highest BCUT2D eigenvalue weighted by Gasteiger charge is 2.17. The van der Waals surface area contributed by atoms with E-state index in [2.05, 4.69) is 15.0 Å². The van der Waals surface area contributed by atoms with Gasteiger partial charge in [-0.3, -0.25) is 9.52 Å². The minimum atomic E-state index is -3.69. The Morgan fingerprint density at radius 1 is 1.12 bits per heavy atom. The van der Waals surface area contributed by atoms with E-state index >= 15 is 0 Å². The summed E-state index contributed by atoms with van der Waals surface area (Å²) < 4.78 is 28.7. The predicted molar refractivity (Wildman–Crippen MR) is 101 cm³/mol. The van der Waals surface area contributed by atoms with Crippen LogP contribution in [-0.4, -0.2) is 19.3 Å². The molecule has 2 aromatic carbocycles. The predicted octanol–water partition coefficient (Wildman–Crippen LogP) is 3.67. The number of thiazole rings is 1. The molecule has 0 saturated carbocycles. The number of sulfonamides is 1. The standard InChI is InChI=1S/C17H17N3O3S2/c1-10-4-7-16(11(2)8-10)25(22,23)20-13-5-6-15-14(9-13)19-17(24-15)18-12(3)21/h4-9,20H,1-3H3,(H,18,19,21). The molecule has 8 heteroatoms. The first-order valence-corrected chi connectivity index (χ1v) is 9.83. The fraction of sp³-hybridized carbons (Fsp3) is 0.176. The second kappa shape index (κ2) is 6.45. The van der Waals surface area contributed by atoms with E-state index < -0.39 is 10.0 Å². The molecule has 0 atom stereocenters. The summed E-state index contributed by atoms with van der Waals surface area (Å²) in [4.78, 5) is 15.7. The molecule has 0 fully saturated rings. The van der Waals surface area contributed by atoms with Gasteiger partial charge in [-0.15, -0.1) is 0 Å². The van der Waals surface area contributed by atoms with Crippen LogP contribution in [0.15, 0.2) is 41.3 Å². The maximum absolute atomic E-state index is 12.6. The van der Waals surface area contributed by atoms with Crippen molar-refractivity contribution < 1.29 is 13.2 Å². The van der Waals surface area contributed by atoms with Crippen molar-refractivity contribution in [1.82, 2.24) is 4.98 Å². The van der Waals surface area contributed by atoms with Crippen molar-refractivity contribution in [1.29, 1.82) is 0 Å². The van der Waals surface area contributed by atoms with Crippen molar-refractivity contribution in [2.75, 3.05) is 10.0 Å². The maximum atomic E-state index is 12.6. The van der Waals surface area contributed by atoms with Crippen LogP contribution in [0.25, 0.3) is 10.2 Å². The molecular weight excluding hydrogens is 358 g/mol. The monoisotopic (exact) mass is 375 g/mol. The van der Waals surface area contributed by atoms with E-state index in [-0.39, 0.29) is 10.8 Å². The third kappa shape index (κ3) is 3.80. The molecule has 2 N–H and O–H groups in total. The lowest BCUT2D eigenvalue weighted by Gasteiger charge is -2.11. The maximum Gasteiger partial charge on any atom is 0.262 e. The van der Waals surface area contributed by atoms with Gasteiger partial charge in [0.05, 0.1) is 20.8 Å². The normalized spacial score (nSPS) is 11.5. The second-order valence-electron chi connectivity index (χ2n) is 5.76. The number of fused-ring (bicyclic) bond motifs is 1. The number of rotatable bonds is 4. The van der Waals surface area contributed by atoms with Crippen LogP contribution in [0.4, 0.5) is 10.8 Å². The smallest absolute Gasteiger partial charge is 0.262 e. The van der Waals surface area contributed by atoms with Crippen molar-refractivity contribution in [3.8, 4) is 0 Å². The van der Waals surface area contributed by atoms with Gasteiger partial charge in [0.2, 0.25) is 5.91 Å². The molecule has 0 aliphatic carbocycles. The summed E-state index contributed by atoms with van der Waals surface area (Å²) in [6, 6.07) is 10.3. The number of nitrogens with zero attached hydrogens (tertiary/aromatic N) is 1. The van der Waals surface area contributed by atoms with Gasteiger partial charge in [-0.05, 0) is 43.7 Å². The van der Waals surface area contributed by atoms with E-state index in [4.69, 9.17) is 0 Å². The molecule has 0 saturated heterocycles. The van der Waals surface area contributed by atoms with E-state index in [1.165, 1.54) is 18.3 Å². The van der Waals surface area contributed by atoms with Gasteiger partial charge in [0, 0.05) is 6.92 Å². The van der Waals surface area contributed by atoms with Crippen LogP contribution in [-0.2, 0) is 14.8 Å². The lowest BCUT2D eigenvalue weighted by molar-refractivity contribution is -0.114. The molecule has 0 aliphatic rings. The highest BCUT2D eigenvalue weighted by Crippen LogP contribution is 2.29. The molecule has 3 aromatic rings. The number of hydrogen-bond donors (Lipinski definition) is 2. The highest BCUT2D eigenvalue weighted by molar-refractivity contribution is 7.92. The fourth-order valence-corrected chi connectivity index (χ4v) is 4.68. The Morgan fingerprint density at radius 2 is 1.88 bits per heavy atom. The summed E-state index contributed by atoms with van der Waals surface area (Å²) in [6.45, 7) is 5.10. The zero-order chi connectivity index (χ0) is 18.2. The summed E-state index contributed by atoms with van der Waals surface area (Å²) in [7, 11) is -3.69. The van der Waals surface area contributed by atoms with Crippen LogP contribution in [0, 0.1) is 13.8 Å². The molecule has 25 heavy (non-hydrogen) atoms. The van der Waals surface area contributed by atoms with Gasteiger partial charge in [-0.25, -0.2) is 13.4 Å². The van der Waals surface area contributed by atoms with Crippen LogP contribution in [0.1, 0.15) is 18.1 Å². The van der Waals surface area contributed by atoms with Crippen molar-refractivity contribution >= 4 is 48.3 Å². The molecule has 0 unspecified atom stereocenters. The Labute approximate surface area is 150 Å². The van der Waals surface area contributed by atoms with E-state index in [1.54, 1.807) is 37.3 Å². The number of hydrogen-bond acceptors (Lipinski definition) is 5. The first kappa shape index (κ1) is 17.4. The minimum absolute atomic E-state index is 0.199. The first-order valence-electron chi connectivity index (χ1n) is 7.53. The average molecular weight is 375 g/mol. The number of carbonyl (C=O) groups excluding carboxylic acids is 1. The summed E-state index contributed by atoms with van der Waals surface area (Å²) in [6.07, 6.45) is 0. The molecule has 0 bridgehead atoms. The Hall–Kier alpha value is -2.45. The molecule has 3 rings (SSSR count). The fourth-order valence-electron chi connectivity index (χ4n) is 2.51. The van der Waals surface area contributed by atoms with Gasteiger partial charge >= 0.3 is 0 Å². The first-order chi connectivity index (χ1) is 11.7. The SMILES string of the molecule is CC(=O)Nc1nc2cc(NS(=O)(=O)c3ccc(C)cc3C)ccc2s1. The molecule has 130 valence electrons. The summed E-state index contributed by atoms with van der Waals surface area (Å²) >= 11 is 1.33. The van der Waals surface area contributed by atoms with Crippen LogP contribution in [0.5, 0.6) is 0 Å². The van der Waals surface area contributed by atoms with E-state index in [0.29, 0.717) is 21.9 Å². The Kier molecular flexibility index (Phi) is 4.49. The third-order valence-electron chi connectivity index (χ3n) is 3.54. The lowest BCUT2D eigenvalue weighted by Crippen LogP contribution is -2.14. The van der Waals surface area contributed by atoms with Gasteiger partial charge in [-0.2, -0.15) is 0 Å². The Balaban J connectivity index is 1.92. The highest BCUT2D eigenvalue weighted by atomic mass is 32.2. The Bertz CT molecular complexity index is 1070. The van der Waals surface area contributed by atoms with E-state index in [1.807, 2.05) is 13.0 Å². The summed E-state index contributed by atoms with van der Waals surface area (Å²) in [5.74, 6) is -0.199. The zero-order valence-electron chi connectivity index (χ0n) is 14.0. The molecule has 1 amide bonds. The van der Waals surface area contributed by atoms with Gasteiger partial charge in [-0.1, -0.05) is 29.0 Å². The molecule has 1 aromatic heterocycles. The molecular formula is C17H17N3O3S2. The lowest BCUT2D eigenvalue weighted by atomic mass is 10.2. The molecule has 0 aliphatic heterocycles. The number of carbonyl (C=O) groups is 1. The minimum Gasteiger partial charge on any atom is -0.302 e. The second-order valence-corrected chi connectivity index (χ2v) is 8.44. The van der Waals surface area contributed by atoms with Gasteiger partial charge in [0.25, 0.3) is 10.0 Å². The number of aryl methyl sites for hydroxylation is 2. The van der Waals surface area contributed by atoms with Crippen LogP contribution < -0.4 is 10.0 Å². The van der Waals surface area contributed by atoms with Crippen molar-refractivity contribution in [3.05, 3.63) is 47.5 Å². The van der Waals surface area contributed by atoms with E-state index in [9.17, 15) is 13.2 Å². The topological polar surface area (TPSA) is 88.2 Å². The van der Waals surface area contributed by atoms with Gasteiger partial charge < -0.3 is 5.32 Å². The Morgan fingerprint density at radius 3 is 2.56 bits per heavy atom. The number of aromatic nitrogens is 1. The number of anilines is 2. The van der Waals surface area contributed by atoms with Crippen molar-refractivity contribution in [3.63, 3.8) is 0 Å². The summed E-state index contributed by atoms with van der Waals surface area (Å²) in [5.41, 5.74) is 2.74. The quantitative estimate of drug-likeness (QED) is 0.728. The van der Waals surface area contributed by atoms with Crippen LogP contribution in [0.3, 0.4) is 0 Å².